The Labute approximate surface area is 106 Å². The van der Waals surface area contributed by atoms with Gasteiger partial charge in [-0.3, -0.25) is 0 Å². The molecule has 0 aliphatic heterocycles. The molecule has 82 valence electrons. The van der Waals surface area contributed by atoms with E-state index in [0.717, 1.165) is 15.8 Å². The number of ether oxygens (including phenoxy) is 1. The molecular formula is C10H7BrClN3O. The van der Waals surface area contributed by atoms with E-state index in [1.807, 2.05) is 18.2 Å². The van der Waals surface area contributed by atoms with Crippen LogP contribution in [0.4, 0.5) is 0 Å². The molecule has 0 spiro atoms. The molecule has 0 aliphatic rings. The highest BCUT2D eigenvalue weighted by Gasteiger charge is 2.06. The summed E-state index contributed by atoms with van der Waals surface area (Å²) in [5, 5.41) is 7.96. The molecule has 0 aliphatic carbocycles. The molecule has 6 heteroatoms. The number of methoxy groups -OCH3 is 1. The number of benzene rings is 1. The zero-order valence-corrected chi connectivity index (χ0v) is 10.7. The predicted octanol–water partition coefficient (Wildman–Crippen LogP) is 2.96. The second-order valence-corrected chi connectivity index (χ2v) is 4.19. The quantitative estimate of drug-likeness (QED) is 0.855. The molecule has 1 aromatic carbocycles. The summed E-state index contributed by atoms with van der Waals surface area (Å²) in [4.78, 5) is 4.07. The second kappa shape index (κ2) is 4.76. The molecule has 2 rings (SSSR count). The normalized spacial score (nSPS) is 10.2. The van der Waals surface area contributed by atoms with E-state index in [1.165, 1.54) is 6.20 Å². The van der Waals surface area contributed by atoms with E-state index in [4.69, 9.17) is 16.3 Å². The lowest BCUT2D eigenvalue weighted by atomic mass is 10.2. The molecule has 0 saturated carbocycles. The van der Waals surface area contributed by atoms with Crippen LogP contribution in [0.3, 0.4) is 0 Å². The second-order valence-electron chi connectivity index (χ2n) is 2.95. The Balaban J connectivity index is 2.45. The number of hydrogen-bond donors (Lipinski definition) is 0. The fourth-order valence-corrected chi connectivity index (χ4v) is 1.88. The van der Waals surface area contributed by atoms with Crippen LogP contribution >= 0.6 is 27.5 Å². The number of rotatable bonds is 2. The van der Waals surface area contributed by atoms with Crippen molar-refractivity contribution < 1.29 is 4.74 Å². The van der Waals surface area contributed by atoms with Crippen LogP contribution in [0.5, 0.6) is 5.75 Å². The maximum absolute atomic E-state index is 5.74. The van der Waals surface area contributed by atoms with E-state index in [0.29, 0.717) is 11.0 Å². The van der Waals surface area contributed by atoms with Crippen LogP contribution in [-0.4, -0.2) is 22.3 Å². The van der Waals surface area contributed by atoms with Crippen molar-refractivity contribution in [1.82, 2.24) is 15.2 Å². The molecule has 0 atom stereocenters. The summed E-state index contributed by atoms with van der Waals surface area (Å²) in [6, 6.07) is 5.52. The van der Waals surface area contributed by atoms with E-state index in [9.17, 15) is 0 Å². The first-order valence-electron chi connectivity index (χ1n) is 4.40. The largest absolute Gasteiger partial charge is 0.496 e. The lowest BCUT2D eigenvalue weighted by Crippen LogP contribution is -1.92. The van der Waals surface area contributed by atoms with Crippen molar-refractivity contribution in [2.24, 2.45) is 0 Å². The number of hydrogen-bond acceptors (Lipinski definition) is 4. The van der Waals surface area contributed by atoms with Crippen LogP contribution in [-0.2, 0) is 0 Å². The standard InChI is InChI=1S/C10H7BrClN3O/c1-16-8-3-2-6(4-7(8)11)10-14-9(12)5-13-15-10/h2-5H,1H3. The van der Waals surface area contributed by atoms with Gasteiger partial charge < -0.3 is 4.74 Å². The molecule has 0 amide bonds. The first-order valence-corrected chi connectivity index (χ1v) is 5.57. The summed E-state index contributed by atoms with van der Waals surface area (Å²) in [6.45, 7) is 0. The van der Waals surface area contributed by atoms with Crippen molar-refractivity contribution in [2.45, 2.75) is 0 Å². The van der Waals surface area contributed by atoms with Crippen LogP contribution in [0.15, 0.2) is 28.9 Å². The fourth-order valence-electron chi connectivity index (χ4n) is 1.21. The molecule has 0 saturated heterocycles. The molecule has 0 N–H and O–H groups in total. The van der Waals surface area contributed by atoms with Crippen molar-refractivity contribution in [2.75, 3.05) is 7.11 Å². The molecule has 0 bridgehead atoms. The van der Waals surface area contributed by atoms with Gasteiger partial charge in [-0.05, 0) is 34.1 Å². The summed E-state index contributed by atoms with van der Waals surface area (Å²) in [6.07, 6.45) is 1.39. The highest BCUT2D eigenvalue weighted by atomic mass is 79.9. The van der Waals surface area contributed by atoms with Crippen molar-refractivity contribution in [3.05, 3.63) is 34.0 Å². The van der Waals surface area contributed by atoms with E-state index in [-0.39, 0.29) is 0 Å². The number of nitrogens with zero attached hydrogens (tertiary/aromatic N) is 3. The van der Waals surface area contributed by atoms with E-state index in [2.05, 4.69) is 31.1 Å². The fraction of sp³-hybridized carbons (Fsp3) is 0.100. The topological polar surface area (TPSA) is 47.9 Å². The van der Waals surface area contributed by atoms with Gasteiger partial charge in [0, 0.05) is 5.56 Å². The average Bonchev–Trinajstić information content (AvgIpc) is 2.29. The van der Waals surface area contributed by atoms with Gasteiger partial charge in [0.25, 0.3) is 0 Å². The average molecular weight is 301 g/mol. The van der Waals surface area contributed by atoms with Crippen molar-refractivity contribution >= 4 is 27.5 Å². The third-order valence-electron chi connectivity index (χ3n) is 1.94. The van der Waals surface area contributed by atoms with E-state index < -0.39 is 0 Å². The zero-order chi connectivity index (χ0) is 11.5. The Kier molecular flexibility index (Phi) is 3.36. The van der Waals surface area contributed by atoms with Crippen molar-refractivity contribution in [3.63, 3.8) is 0 Å². The van der Waals surface area contributed by atoms with E-state index in [1.54, 1.807) is 7.11 Å². The molecule has 4 nitrogen and oxygen atoms in total. The zero-order valence-electron chi connectivity index (χ0n) is 8.32. The minimum Gasteiger partial charge on any atom is -0.496 e. The Morgan fingerprint density at radius 3 is 2.81 bits per heavy atom. The van der Waals surface area contributed by atoms with E-state index >= 15 is 0 Å². The van der Waals surface area contributed by atoms with Crippen LogP contribution in [0.2, 0.25) is 5.15 Å². The summed E-state index contributed by atoms with van der Waals surface area (Å²) in [5.41, 5.74) is 0.822. The van der Waals surface area contributed by atoms with Gasteiger partial charge in [-0.1, -0.05) is 11.6 Å². The monoisotopic (exact) mass is 299 g/mol. The van der Waals surface area contributed by atoms with Gasteiger partial charge in [0.05, 0.1) is 17.8 Å². The van der Waals surface area contributed by atoms with Gasteiger partial charge in [0.1, 0.15) is 5.75 Å². The van der Waals surface area contributed by atoms with Crippen LogP contribution < -0.4 is 4.74 Å². The Hall–Kier alpha value is -1.20. The molecular weight excluding hydrogens is 293 g/mol. The highest BCUT2D eigenvalue weighted by molar-refractivity contribution is 9.10. The number of aromatic nitrogens is 3. The number of halogens is 2. The smallest absolute Gasteiger partial charge is 0.183 e. The Bertz CT molecular complexity index is 521. The predicted molar refractivity (Wildman–Crippen MR) is 64.5 cm³/mol. The van der Waals surface area contributed by atoms with Gasteiger partial charge >= 0.3 is 0 Å². The van der Waals surface area contributed by atoms with Gasteiger partial charge in [-0.25, -0.2) is 4.98 Å². The SMILES string of the molecule is COc1ccc(-c2nncc(Cl)n2)cc1Br. The maximum Gasteiger partial charge on any atom is 0.183 e. The molecule has 16 heavy (non-hydrogen) atoms. The summed E-state index contributed by atoms with van der Waals surface area (Å²) in [5.74, 6) is 1.23. The minimum absolute atomic E-state index is 0.317. The van der Waals surface area contributed by atoms with Gasteiger partial charge in [0.2, 0.25) is 0 Å². The Morgan fingerprint density at radius 2 is 2.19 bits per heavy atom. The summed E-state index contributed by atoms with van der Waals surface area (Å²) >= 11 is 9.13. The van der Waals surface area contributed by atoms with Crippen LogP contribution in [0.25, 0.3) is 11.4 Å². The summed E-state index contributed by atoms with van der Waals surface area (Å²) in [7, 11) is 1.61. The molecule has 1 aromatic heterocycles. The molecule has 0 radical (unpaired) electrons. The molecule has 0 unspecified atom stereocenters. The van der Waals surface area contributed by atoms with Crippen LogP contribution in [0.1, 0.15) is 0 Å². The summed E-state index contributed by atoms with van der Waals surface area (Å²) < 4.78 is 5.96. The third-order valence-corrected chi connectivity index (χ3v) is 2.74. The van der Waals surface area contributed by atoms with Gasteiger partial charge in [0.15, 0.2) is 11.0 Å². The van der Waals surface area contributed by atoms with Crippen LogP contribution in [0, 0.1) is 0 Å². The molecule has 2 aromatic rings. The van der Waals surface area contributed by atoms with Crippen molar-refractivity contribution in [3.8, 4) is 17.1 Å². The lowest BCUT2D eigenvalue weighted by Gasteiger charge is -2.04. The third kappa shape index (κ3) is 2.31. The Morgan fingerprint density at radius 1 is 1.38 bits per heavy atom. The highest BCUT2D eigenvalue weighted by Crippen LogP contribution is 2.29. The maximum atomic E-state index is 5.74. The first-order chi connectivity index (χ1) is 7.70. The molecule has 1 heterocycles. The molecule has 0 fully saturated rings. The minimum atomic E-state index is 0.317. The van der Waals surface area contributed by atoms with Gasteiger partial charge in [-0.2, -0.15) is 5.10 Å². The lowest BCUT2D eigenvalue weighted by molar-refractivity contribution is 0.412. The first kappa shape index (κ1) is 11.3. The van der Waals surface area contributed by atoms with Gasteiger partial charge in [-0.15, -0.1) is 5.10 Å². The van der Waals surface area contributed by atoms with Crippen molar-refractivity contribution in [1.29, 1.82) is 0 Å².